The van der Waals surface area contributed by atoms with Crippen molar-refractivity contribution in [2.24, 2.45) is 0 Å². The Hall–Kier alpha value is -2.33. The molecular formula is C27H33ClN4O3S2. The van der Waals surface area contributed by atoms with Gasteiger partial charge in [-0.1, -0.05) is 11.6 Å². The number of rotatable bonds is 7. The number of carbonyl (C=O) groups is 1. The van der Waals surface area contributed by atoms with Crippen LogP contribution in [0.15, 0.2) is 42.7 Å². The van der Waals surface area contributed by atoms with Crippen LogP contribution in [0, 0.1) is 0 Å². The molecule has 1 aromatic carbocycles. The Morgan fingerprint density at radius 3 is 2.51 bits per heavy atom. The number of piperidine rings is 1. The summed E-state index contributed by atoms with van der Waals surface area (Å²) in [4.78, 5) is 20.3. The van der Waals surface area contributed by atoms with Crippen molar-refractivity contribution in [2.75, 3.05) is 36.3 Å². The van der Waals surface area contributed by atoms with Crippen LogP contribution >= 0.6 is 11.6 Å². The van der Waals surface area contributed by atoms with Gasteiger partial charge >= 0.3 is 0 Å². The van der Waals surface area contributed by atoms with Crippen LogP contribution in [0.2, 0.25) is 5.02 Å². The van der Waals surface area contributed by atoms with E-state index in [1.807, 2.05) is 33.5 Å². The molecular weight excluding hydrogens is 528 g/mol. The van der Waals surface area contributed by atoms with Crippen LogP contribution in [-0.4, -0.2) is 71.3 Å². The standard InChI is InChI=1S/C27H33ClN4O3S2/c1-36(2,34)15-5-12-31-22(17-20-16-21(28)6-7-24(20)31)19-32-25-18-29-11-8-23(25)27(26(32)33)9-13-30(14-10-27)37(3,4)35/h6-8,11,16-18H,1,3,5,9-10,12-15,19H2,2,4H3. The second-order valence-electron chi connectivity index (χ2n) is 10.5. The van der Waals surface area contributed by atoms with Crippen LogP contribution in [0.25, 0.3) is 10.9 Å². The first-order valence-corrected chi connectivity index (χ1v) is 17.1. The highest BCUT2D eigenvalue weighted by Crippen LogP contribution is 2.48. The number of halogens is 1. The third-order valence-corrected chi connectivity index (χ3v) is 10.5. The quantitative estimate of drug-likeness (QED) is 0.414. The molecule has 2 aromatic heterocycles. The van der Waals surface area contributed by atoms with E-state index < -0.39 is 24.6 Å². The molecule has 198 valence electrons. The molecule has 2 unspecified atom stereocenters. The Morgan fingerprint density at radius 1 is 1.11 bits per heavy atom. The summed E-state index contributed by atoms with van der Waals surface area (Å²) in [7, 11) is -4.41. The molecule has 5 rings (SSSR count). The largest absolute Gasteiger partial charge is 0.343 e. The summed E-state index contributed by atoms with van der Waals surface area (Å²) >= 11 is 6.29. The van der Waals surface area contributed by atoms with E-state index in [0.29, 0.717) is 56.2 Å². The van der Waals surface area contributed by atoms with Crippen LogP contribution in [-0.2, 0) is 42.5 Å². The molecule has 1 fully saturated rings. The number of fused-ring (bicyclic) bond motifs is 3. The summed E-state index contributed by atoms with van der Waals surface area (Å²) in [5.41, 5.74) is 3.18. The molecule has 0 bridgehead atoms. The zero-order valence-electron chi connectivity index (χ0n) is 21.3. The van der Waals surface area contributed by atoms with Gasteiger partial charge < -0.3 is 9.47 Å². The molecule has 2 aliphatic heterocycles. The number of carbonyl (C=O) groups excluding carboxylic acids is 1. The SMILES string of the molecule is C=S(C)(=O)CCCn1c(CN2C(=O)C3(CCN(S(=C)(C)=O)CC3)c3ccncc32)cc2cc(Cl)ccc21. The third-order valence-electron chi connectivity index (χ3n) is 7.61. The maximum absolute atomic E-state index is 14.1. The molecule has 2 aliphatic rings. The first-order chi connectivity index (χ1) is 17.4. The van der Waals surface area contributed by atoms with Gasteiger partial charge in [-0.3, -0.25) is 18.2 Å². The van der Waals surface area contributed by atoms with Crippen LogP contribution in [0.5, 0.6) is 0 Å². The Balaban J connectivity index is 1.50. The molecule has 3 aromatic rings. The Morgan fingerprint density at radius 2 is 1.84 bits per heavy atom. The zero-order valence-corrected chi connectivity index (χ0v) is 23.7. The number of nitrogens with zero attached hydrogens (tertiary/aromatic N) is 4. The molecule has 1 amide bonds. The van der Waals surface area contributed by atoms with Crippen LogP contribution in [0.1, 0.15) is 30.5 Å². The molecule has 2 atom stereocenters. The predicted octanol–water partition coefficient (Wildman–Crippen LogP) is 3.57. The fourth-order valence-electron chi connectivity index (χ4n) is 5.77. The first-order valence-electron chi connectivity index (χ1n) is 12.3. The average Bonchev–Trinajstić information content (AvgIpc) is 3.26. The molecule has 0 saturated carbocycles. The van der Waals surface area contributed by atoms with E-state index in [2.05, 4.69) is 27.4 Å². The van der Waals surface area contributed by atoms with E-state index in [-0.39, 0.29) is 5.91 Å². The molecule has 7 nitrogen and oxygen atoms in total. The maximum Gasteiger partial charge on any atom is 0.238 e. The Kier molecular flexibility index (Phi) is 6.71. The first kappa shape index (κ1) is 26.3. The number of hydrogen-bond donors (Lipinski definition) is 0. The molecule has 0 N–H and O–H groups in total. The summed E-state index contributed by atoms with van der Waals surface area (Å²) in [5.74, 6) is 8.21. The van der Waals surface area contributed by atoms with Gasteiger partial charge in [0.2, 0.25) is 5.91 Å². The lowest BCUT2D eigenvalue weighted by Crippen LogP contribution is -2.49. The van der Waals surface area contributed by atoms with E-state index >= 15 is 0 Å². The third kappa shape index (κ3) is 4.94. The lowest BCUT2D eigenvalue weighted by Gasteiger charge is -2.38. The zero-order chi connectivity index (χ0) is 26.6. The second-order valence-corrected chi connectivity index (χ2v) is 16.1. The Bertz CT molecular complexity index is 1590. The van der Waals surface area contributed by atoms with Gasteiger partial charge in [0, 0.05) is 75.4 Å². The molecule has 10 heteroatoms. The predicted molar refractivity (Wildman–Crippen MR) is 157 cm³/mol. The number of benzene rings is 1. The molecule has 0 aliphatic carbocycles. The fourth-order valence-corrected chi connectivity index (χ4v) is 7.64. The van der Waals surface area contributed by atoms with Gasteiger partial charge in [-0.15, -0.1) is 0 Å². The normalized spacial score (nSPS) is 20.7. The van der Waals surface area contributed by atoms with Gasteiger partial charge in [-0.25, -0.2) is 4.31 Å². The van der Waals surface area contributed by atoms with Crippen molar-refractivity contribution in [3.05, 3.63) is 59.0 Å². The lowest BCUT2D eigenvalue weighted by molar-refractivity contribution is -0.124. The van der Waals surface area contributed by atoms with E-state index in [4.69, 9.17) is 11.6 Å². The summed E-state index contributed by atoms with van der Waals surface area (Å²) < 4.78 is 28.8. The maximum atomic E-state index is 14.1. The highest BCUT2D eigenvalue weighted by Gasteiger charge is 2.52. The number of anilines is 1. The highest BCUT2D eigenvalue weighted by atomic mass is 35.5. The number of aryl methyl sites for hydroxylation is 1. The summed E-state index contributed by atoms with van der Waals surface area (Å²) in [6, 6.07) is 9.83. The van der Waals surface area contributed by atoms with Crippen molar-refractivity contribution in [3.8, 4) is 0 Å². The molecule has 4 heterocycles. The number of pyridine rings is 1. The van der Waals surface area contributed by atoms with Gasteiger partial charge in [-0.2, -0.15) is 0 Å². The topological polar surface area (TPSA) is 75.5 Å². The van der Waals surface area contributed by atoms with Gasteiger partial charge in [0.25, 0.3) is 0 Å². The van der Waals surface area contributed by atoms with Gasteiger partial charge in [0.1, 0.15) is 0 Å². The van der Waals surface area contributed by atoms with Gasteiger partial charge in [-0.05, 0) is 76.4 Å². The molecule has 37 heavy (non-hydrogen) atoms. The summed E-state index contributed by atoms with van der Waals surface area (Å²) in [6.45, 7) is 2.17. The second kappa shape index (κ2) is 9.45. The van der Waals surface area contributed by atoms with Crippen molar-refractivity contribution >= 4 is 65.1 Å². The van der Waals surface area contributed by atoms with E-state index in [1.54, 1.807) is 24.9 Å². The summed E-state index contributed by atoms with van der Waals surface area (Å²) in [6.07, 6.45) is 8.75. The van der Waals surface area contributed by atoms with E-state index in [1.165, 1.54) is 0 Å². The van der Waals surface area contributed by atoms with Crippen molar-refractivity contribution in [1.82, 2.24) is 13.9 Å². The molecule has 1 saturated heterocycles. The number of hydrogen-bond acceptors (Lipinski definition) is 4. The Labute approximate surface area is 224 Å². The molecule has 1 spiro atoms. The van der Waals surface area contributed by atoms with Crippen LogP contribution < -0.4 is 4.90 Å². The minimum atomic E-state index is -2.32. The number of amides is 1. The van der Waals surface area contributed by atoms with Crippen LogP contribution in [0.4, 0.5) is 5.69 Å². The minimum Gasteiger partial charge on any atom is -0.343 e. The van der Waals surface area contributed by atoms with Crippen LogP contribution in [0.3, 0.4) is 0 Å². The van der Waals surface area contributed by atoms with Crippen molar-refractivity contribution in [3.63, 3.8) is 0 Å². The number of aromatic nitrogens is 2. The lowest BCUT2D eigenvalue weighted by atomic mass is 9.74. The van der Waals surface area contributed by atoms with Crippen molar-refractivity contribution < 1.29 is 13.2 Å². The van der Waals surface area contributed by atoms with Gasteiger partial charge in [0.15, 0.2) is 0 Å². The van der Waals surface area contributed by atoms with E-state index in [0.717, 1.165) is 27.8 Å². The monoisotopic (exact) mass is 560 g/mol. The van der Waals surface area contributed by atoms with Crippen molar-refractivity contribution in [2.45, 2.75) is 37.8 Å². The average molecular weight is 561 g/mol. The van der Waals surface area contributed by atoms with Crippen molar-refractivity contribution in [1.29, 1.82) is 0 Å². The smallest absolute Gasteiger partial charge is 0.238 e. The summed E-state index contributed by atoms with van der Waals surface area (Å²) in [5, 5.41) is 1.66. The fraction of sp³-hybridized carbons (Fsp3) is 0.407. The minimum absolute atomic E-state index is 0.0611. The highest BCUT2D eigenvalue weighted by molar-refractivity contribution is 7.99. The van der Waals surface area contributed by atoms with E-state index in [9.17, 15) is 13.2 Å². The van der Waals surface area contributed by atoms with Gasteiger partial charge in [0.05, 0.1) is 23.8 Å². The molecule has 0 radical (unpaired) electrons.